The molecule has 0 aromatic heterocycles. The van der Waals surface area contributed by atoms with Crippen molar-refractivity contribution < 1.29 is 19.1 Å². The maximum absolute atomic E-state index is 14.0. The maximum atomic E-state index is 14.0. The second kappa shape index (κ2) is 11.1. The van der Waals surface area contributed by atoms with Crippen LogP contribution >= 0.6 is 0 Å². The van der Waals surface area contributed by atoms with Gasteiger partial charge >= 0.3 is 6.09 Å². The molecule has 0 aliphatic carbocycles. The molecule has 0 spiro atoms. The second-order valence-corrected chi connectivity index (χ2v) is 10.1. The number of carbonyl (C=O) groups is 3. The van der Waals surface area contributed by atoms with Gasteiger partial charge in [0.05, 0.1) is 12.0 Å². The van der Waals surface area contributed by atoms with Gasteiger partial charge < -0.3 is 14.5 Å². The minimum absolute atomic E-state index is 0.0427. The topological polar surface area (TPSA) is 70.2 Å². The molecular weight excluding hydrogens is 466 g/mol. The molecule has 3 aromatic carbocycles. The lowest BCUT2D eigenvalue weighted by molar-refractivity contribution is -0.141. The number of piperazine rings is 1. The third kappa shape index (κ3) is 5.67. The van der Waals surface area contributed by atoms with Crippen molar-refractivity contribution in [3.63, 3.8) is 0 Å². The summed E-state index contributed by atoms with van der Waals surface area (Å²) >= 11 is 0. The first-order chi connectivity index (χ1) is 18.0. The van der Waals surface area contributed by atoms with Crippen LogP contribution in [0.25, 0.3) is 10.8 Å². The van der Waals surface area contributed by atoms with Crippen molar-refractivity contribution in [2.75, 3.05) is 39.8 Å². The fourth-order valence-electron chi connectivity index (χ4n) is 5.34. The second-order valence-electron chi connectivity index (χ2n) is 10.1. The van der Waals surface area contributed by atoms with Gasteiger partial charge in [-0.3, -0.25) is 9.59 Å². The Labute approximate surface area is 217 Å². The van der Waals surface area contributed by atoms with E-state index in [0.717, 1.165) is 35.0 Å². The molecule has 7 heteroatoms. The number of nitrogens with zero attached hydrogens (tertiary/aromatic N) is 3. The van der Waals surface area contributed by atoms with Crippen LogP contribution in [0.1, 0.15) is 17.5 Å². The van der Waals surface area contributed by atoms with Crippen LogP contribution in [0.15, 0.2) is 72.8 Å². The highest BCUT2D eigenvalue weighted by atomic mass is 16.6. The van der Waals surface area contributed by atoms with E-state index in [1.54, 1.807) is 0 Å². The molecule has 0 bridgehead atoms. The Morgan fingerprint density at radius 3 is 2.41 bits per heavy atom. The number of carbonyl (C=O) groups excluding carboxylic acids is 3. The fraction of sp³-hybridized carbons (Fsp3) is 0.367. The summed E-state index contributed by atoms with van der Waals surface area (Å²) in [5.41, 5.74) is 2.03. The number of ether oxygens (including phenoxy) is 1. The number of hydrogen-bond acceptors (Lipinski definition) is 5. The average Bonchev–Trinajstić information content (AvgIpc) is 3.28. The molecule has 0 saturated carbocycles. The zero-order chi connectivity index (χ0) is 25.8. The lowest BCUT2D eigenvalue weighted by atomic mass is 9.90. The molecule has 3 amide bonds. The molecule has 2 atom stereocenters. The van der Waals surface area contributed by atoms with Gasteiger partial charge in [-0.15, -0.1) is 0 Å². The summed E-state index contributed by atoms with van der Waals surface area (Å²) in [4.78, 5) is 45.5. The Kier molecular flexibility index (Phi) is 7.51. The Balaban J connectivity index is 1.42. The number of likely N-dealkylation sites (N-methyl/N-ethyl adjacent to an activating group) is 1. The number of hydrogen-bond donors (Lipinski definition) is 0. The van der Waals surface area contributed by atoms with E-state index in [1.165, 1.54) is 4.90 Å². The van der Waals surface area contributed by atoms with Gasteiger partial charge in [-0.05, 0) is 41.8 Å². The van der Waals surface area contributed by atoms with Crippen molar-refractivity contribution in [1.29, 1.82) is 0 Å². The van der Waals surface area contributed by atoms with Gasteiger partial charge in [0.25, 0.3) is 0 Å². The SMILES string of the molecule is CN1CCN(C(=O)C[C@@H](Cc2cccc3ccccc23)C(=O)N2C(=O)OC[C@@H]2Cc2ccccc2)CC1. The van der Waals surface area contributed by atoms with Gasteiger partial charge in [-0.1, -0.05) is 72.8 Å². The molecule has 2 aliphatic heterocycles. The summed E-state index contributed by atoms with van der Waals surface area (Å²) in [6.07, 6.45) is 0.335. The van der Waals surface area contributed by atoms with Crippen LogP contribution in [0.2, 0.25) is 0 Å². The fourth-order valence-corrected chi connectivity index (χ4v) is 5.34. The molecule has 2 aliphatic rings. The Morgan fingerprint density at radius 2 is 1.62 bits per heavy atom. The van der Waals surface area contributed by atoms with Crippen LogP contribution in [0.4, 0.5) is 4.79 Å². The molecule has 37 heavy (non-hydrogen) atoms. The van der Waals surface area contributed by atoms with Crippen molar-refractivity contribution in [2.45, 2.75) is 25.3 Å². The predicted octanol–water partition coefficient (Wildman–Crippen LogP) is 3.75. The smallest absolute Gasteiger partial charge is 0.416 e. The maximum Gasteiger partial charge on any atom is 0.416 e. The lowest BCUT2D eigenvalue weighted by Crippen LogP contribution is -2.49. The zero-order valence-corrected chi connectivity index (χ0v) is 21.2. The molecule has 5 rings (SSSR count). The van der Waals surface area contributed by atoms with Crippen LogP contribution < -0.4 is 0 Å². The standard InChI is InChI=1S/C30H33N3O4/c1-31-14-16-32(17-15-31)28(34)20-25(19-24-12-7-11-23-10-5-6-13-27(23)24)29(35)33-26(21-37-30(33)36)18-22-8-3-2-4-9-22/h2-13,25-26H,14-21H2,1H3/t25-,26+/m1/s1. The first-order valence-electron chi connectivity index (χ1n) is 13.0. The Hall–Kier alpha value is -3.71. The monoisotopic (exact) mass is 499 g/mol. The predicted molar refractivity (Wildman–Crippen MR) is 142 cm³/mol. The van der Waals surface area contributed by atoms with E-state index in [9.17, 15) is 14.4 Å². The molecule has 0 N–H and O–H groups in total. The minimum Gasteiger partial charge on any atom is -0.447 e. The van der Waals surface area contributed by atoms with Crippen molar-refractivity contribution in [3.05, 3.63) is 83.9 Å². The van der Waals surface area contributed by atoms with Gasteiger partial charge in [0, 0.05) is 32.6 Å². The molecule has 2 saturated heterocycles. The summed E-state index contributed by atoms with van der Waals surface area (Å²) < 4.78 is 5.34. The third-order valence-corrected chi connectivity index (χ3v) is 7.49. The molecule has 2 heterocycles. The Morgan fingerprint density at radius 1 is 0.919 bits per heavy atom. The molecule has 0 radical (unpaired) electrons. The van der Waals surface area contributed by atoms with Crippen LogP contribution in [0.3, 0.4) is 0 Å². The van der Waals surface area contributed by atoms with Gasteiger partial charge in [0.1, 0.15) is 6.61 Å². The van der Waals surface area contributed by atoms with Crippen LogP contribution in [0.5, 0.6) is 0 Å². The van der Waals surface area contributed by atoms with E-state index in [2.05, 4.69) is 4.90 Å². The lowest BCUT2D eigenvalue weighted by Gasteiger charge is -2.33. The zero-order valence-electron chi connectivity index (χ0n) is 21.2. The van der Waals surface area contributed by atoms with Crippen molar-refractivity contribution in [1.82, 2.24) is 14.7 Å². The number of benzene rings is 3. The summed E-state index contributed by atoms with van der Waals surface area (Å²) in [6.45, 7) is 3.07. The molecule has 3 aromatic rings. The number of cyclic esters (lactones) is 1. The minimum atomic E-state index is -0.665. The van der Waals surface area contributed by atoms with E-state index in [1.807, 2.05) is 84.7 Å². The highest BCUT2D eigenvalue weighted by molar-refractivity contribution is 5.97. The molecule has 7 nitrogen and oxygen atoms in total. The summed E-state index contributed by atoms with van der Waals surface area (Å²) in [5, 5.41) is 2.14. The number of rotatable bonds is 7. The first kappa shape index (κ1) is 25.0. The van der Waals surface area contributed by atoms with Gasteiger partial charge in [-0.25, -0.2) is 9.69 Å². The number of imide groups is 1. The average molecular weight is 500 g/mol. The number of amides is 3. The van der Waals surface area contributed by atoms with E-state index >= 15 is 0 Å². The van der Waals surface area contributed by atoms with Crippen LogP contribution in [0, 0.1) is 5.92 Å². The van der Waals surface area contributed by atoms with Crippen LogP contribution in [-0.2, 0) is 27.2 Å². The first-order valence-corrected chi connectivity index (χ1v) is 13.0. The van der Waals surface area contributed by atoms with Crippen LogP contribution in [-0.4, -0.2) is 78.5 Å². The van der Waals surface area contributed by atoms with E-state index in [-0.39, 0.29) is 24.8 Å². The van der Waals surface area contributed by atoms with Crippen molar-refractivity contribution in [2.24, 2.45) is 5.92 Å². The summed E-state index contributed by atoms with van der Waals surface area (Å²) in [6, 6.07) is 23.5. The van der Waals surface area contributed by atoms with Gasteiger partial charge in [0.2, 0.25) is 11.8 Å². The quantitative estimate of drug-likeness (QED) is 0.495. The van der Waals surface area contributed by atoms with E-state index in [0.29, 0.717) is 25.9 Å². The highest BCUT2D eigenvalue weighted by Crippen LogP contribution is 2.27. The number of fused-ring (bicyclic) bond motifs is 1. The van der Waals surface area contributed by atoms with E-state index in [4.69, 9.17) is 4.74 Å². The normalized spacial score (nSPS) is 19.2. The highest BCUT2D eigenvalue weighted by Gasteiger charge is 2.41. The van der Waals surface area contributed by atoms with E-state index < -0.39 is 18.1 Å². The van der Waals surface area contributed by atoms with Crippen molar-refractivity contribution in [3.8, 4) is 0 Å². The third-order valence-electron chi connectivity index (χ3n) is 7.49. The molecular formula is C30H33N3O4. The molecule has 2 fully saturated rings. The Bertz CT molecular complexity index is 1260. The molecule has 192 valence electrons. The van der Waals surface area contributed by atoms with Crippen molar-refractivity contribution >= 4 is 28.7 Å². The molecule has 0 unspecified atom stereocenters. The largest absolute Gasteiger partial charge is 0.447 e. The van der Waals surface area contributed by atoms with Gasteiger partial charge in [0.15, 0.2) is 0 Å². The summed E-state index contributed by atoms with van der Waals surface area (Å²) in [5.74, 6) is -1.04. The summed E-state index contributed by atoms with van der Waals surface area (Å²) in [7, 11) is 2.04. The van der Waals surface area contributed by atoms with Gasteiger partial charge in [-0.2, -0.15) is 0 Å².